The molecule has 4 heteroatoms. The topological polar surface area (TPSA) is 9.23 Å². The van der Waals surface area contributed by atoms with Crippen LogP contribution in [0.3, 0.4) is 0 Å². The molecule has 1 fully saturated rings. The summed E-state index contributed by atoms with van der Waals surface area (Å²) in [5, 5.41) is 0. The number of hydrogen-bond acceptors (Lipinski definition) is 1. The molecule has 0 radical (unpaired) electrons. The predicted octanol–water partition coefficient (Wildman–Crippen LogP) is 8.23. The van der Waals surface area contributed by atoms with Crippen molar-refractivity contribution in [3.05, 3.63) is 95.3 Å². The van der Waals surface area contributed by atoms with Crippen molar-refractivity contribution in [2.24, 2.45) is 0 Å². The van der Waals surface area contributed by atoms with Crippen LogP contribution in [0.2, 0.25) is 0 Å². The average molecular weight is 451 g/mol. The maximum absolute atomic E-state index is 14.9. The Kier molecular flexibility index (Phi) is 7.34. The molecule has 0 bridgehead atoms. The molecule has 2 unspecified atom stereocenters. The summed E-state index contributed by atoms with van der Waals surface area (Å²) in [4.78, 5) is 0. The summed E-state index contributed by atoms with van der Waals surface area (Å²) in [7, 11) is 0. The first kappa shape index (κ1) is 23.3. The van der Waals surface area contributed by atoms with Crippen LogP contribution in [-0.4, -0.2) is 12.7 Å². The molecule has 3 aromatic rings. The van der Waals surface area contributed by atoms with Gasteiger partial charge in [-0.1, -0.05) is 67.6 Å². The molecule has 4 rings (SSSR count). The van der Waals surface area contributed by atoms with Gasteiger partial charge in [0.25, 0.3) is 0 Å². The van der Waals surface area contributed by atoms with Crippen LogP contribution in [0.15, 0.2) is 66.7 Å². The van der Waals surface area contributed by atoms with E-state index in [4.69, 9.17) is 4.74 Å². The van der Waals surface area contributed by atoms with E-state index in [0.717, 1.165) is 30.4 Å². The SMILES string of the molecule is C/C=C\Cc1ccc(-c2ccc(-c3ccc(C4CCC(CC)OC4)c(F)c3)cc2)c(F)c1F. The highest BCUT2D eigenvalue weighted by Crippen LogP contribution is 2.34. The van der Waals surface area contributed by atoms with Gasteiger partial charge in [0, 0.05) is 11.5 Å². The molecule has 3 aromatic carbocycles. The van der Waals surface area contributed by atoms with E-state index in [-0.39, 0.29) is 23.4 Å². The lowest BCUT2D eigenvalue weighted by molar-refractivity contribution is 0.00141. The van der Waals surface area contributed by atoms with Gasteiger partial charge in [-0.2, -0.15) is 0 Å². The molecular formula is C29H29F3O. The zero-order valence-corrected chi connectivity index (χ0v) is 19.1. The molecule has 0 amide bonds. The van der Waals surface area contributed by atoms with Gasteiger partial charge in [-0.3, -0.25) is 0 Å². The molecule has 33 heavy (non-hydrogen) atoms. The minimum absolute atomic E-state index is 0.0814. The highest BCUT2D eigenvalue weighted by Gasteiger charge is 2.24. The normalized spacial score (nSPS) is 18.7. The van der Waals surface area contributed by atoms with Crippen molar-refractivity contribution in [1.82, 2.24) is 0 Å². The van der Waals surface area contributed by atoms with Crippen LogP contribution in [0.4, 0.5) is 13.2 Å². The van der Waals surface area contributed by atoms with Gasteiger partial charge in [-0.25, -0.2) is 13.2 Å². The van der Waals surface area contributed by atoms with Crippen molar-refractivity contribution in [3.8, 4) is 22.3 Å². The van der Waals surface area contributed by atoms with Gasteiger partial charge < -0.3 is 4.74 Å². The first-order valence-electron chi connectivity index (χ1n) is 11.6. The van der Waals surface area contributed by atoms with Crippen molar-refractivity contribution in [3.63, 3.8) is 0 Å². The molecule has 172 valence electrons. The summed E-state index contributed by atoms with van der Waals surface area (Å²) < 4.78 is 49.8. The molecule has 1 aliphatic heterocycles. The molecule has 1 heterocycles. The van der Waals surface area contributed by atoms with Gasteiger partial charge in [0.05, 0.1) is 12.7 Å². The Morgan fingerprint density at radius 3 is 2.24 bits per heavy atom. The van der Waals surface area contributed by atoms with Crippen LogP contribution >= 0.6 is 0 Å². The predicted molar refractivity (Wildman–Crippen MR) is 128 cm³/mol. The molecule has 0 N–H and O–H groups in total. The summed E-state index contributed by atoms with van der Waals surface area (Å²) in [5.41, 5.74) is 3.39. The molecule has 0 aromatic heterocycles. The Labute approximate surface area is 193 Å². The van der Waals surface area contributed by atoms with Crippen molar-refractivity contribution >= 4 is 0 Å². The largest absolute Gasteiger partial charge is 0.378 e. The van der Waals surface area contributed by atoms with Gasteiger partial charge in [0.1, 0.15) is 5.82 Å². The van der Waals surface area contributed by atoms with Gasteiger partial charge in [0.15, 0.2) is 11.6 Å². The van der Waals surface area contributed by atoms with Crippen molar-refractivity contribution < 1.29 is 17.9 Å². The van der Waals surface area contributed by atoms with E-state index in [1.807, 2.05) is 37.3 Å². The Balaban J connectivity index is 1.53. The van der Waals surface area contributed by atoms with Crippen molar-refractivity contribution in [2.75, 3.05) is 6.61 Å². The summed E-state index contributed by atoms with van der Waals surface area (Å²) >= 11 is 0. The zero-order chi connectivity index (χ0) is 23.4. The number of benzene rings is 3. The minimum Gasteiger partial charge on any atom is -0.378 e. The highest BCUT2D eigenvalue weighted by atomic mass is 19.2. The minimum atomic E-state index is -0.847. The Bertz CT molecular complexity index is 1130. The quantitative estimate of drug-likeness (QED) is 0.344. The van der Waals surface area contributed by atoms with Gasteiger partial charge in [-0.15, -0.1) is 0 Å². The summed E-state index contributed by atoms with van der Waals surface area (Å²) in [5.74, 6) is -1.81. The Hall–Kier alpha value is -2.85. The van der Waals surface area contributed by atoms with Crippen LogP contribution in [0.1, 0.15) is 50.2 Å². The Morgan fingerprint density at radius 1 is 0.879 bits per heavy atom. The number of ether oxygens (including phenoxy) is 1. The van der Waals surface area contributed by atoms with Gasteiger partial charge >= 0.3 is 0 Å². The first-order valence-corrected chi connectivity index (χ1v) is 11.6. The van der Waals surface area contributed by atoms with E-state index in [0.29, 0.717) is 29.7 Å². The van der Waals surface area contributed by atoms with Gasteiger partial charge in [-0.05, 0) is 66.5 Å². The third-order valence-electron chi connectivity index (χ3n) is 6.53. The number of halogens is 3. The van der Waals surface area contributed by atoms with Gasteiger partial charge in [0.2, 0.25) is 0 Å². The average Bonchev–Trinajstić information content (AvgIpc) is 2.85. The van der Waals surface area contributed by atoms with E-state index in [2.05, 4.69) is 6.92 Å². The highest BCUT2D eigenvalue weighted by molar-refractivity contribution is 5.71. The lowest BCUT2D eigenvalue weighted by Gasteiger charge is -2.29. The smallest absolute Gasteiger partial charge is 0.166 e. The number of allylic oxidation sites excluding steroid dienone is 2. The fourth-order valence-corrected chi connectivity index (χ4v) is 4.47. The third-order valence-corrected chi connectivity index (χ3v) is 6.53. The van der Waals surface area contributed by atoms with Crippen molar-refractivity contribution in [1.29, 1.82) is 0 Å². The standard InChI is InChI=1S/C29H29F3O/c1-3-5-6-21-12-16-26(29(32)28(21)31)20-9-7-19(8-10-20)22-13-15-25(27(30)17-22)23-11-14-24(4-2)33-18-23/h3,5,7-10,12-13,15-17,23-24H,4,6,11,14,18H2,1-2H3/b5-3-. The lowest BCUT2D eigenvalue weighted by atomic mass is 9.89. The molecule has 1 nitrogen and oxygen atoms in total. The molecule has 1 saturated heterocycles. The summed E-state index contributed by atoms with van der Waals surface area (Å²) in [6.45, 7) is 4.51. The monoisotopic (exact) mass is 450 g/mol. The van der Waals surface area contributed by atoms with Crippen LogP contribution in [0.25, 0.3) is 22.3 Å². The van der Waals surface area contributed by atoms with E-state index < -0.39 is 11.6 Å². The molecule has 0 saturated carbocycles. The second kappa shape index (κ2) is 10.4. The number of rotatable bonds is 6. The lowest BCUT2D eigenvalue weighted by Crippen LogP contribution is -2.24. The fourth-order valence-electron chi connectivity index (χ4n) is 4.47. The van der Waals surface area contributed by atoms with Crippen LogP contribution in [0, 0.1) is 17.5 Å². The van der Waals surface area contributed by atoms with Crippen molar-refractivity contribution in [2.45, 2.75) is 51.6 Å². The van der Waals surface area contributed by atoms with E-state index >= 15 is 0 Å². The molecule has 2 atom stereocenters. The molecule has 0 aliphatic carbocycles. The maximum Gasteiger partial charge on any atom is 0.166 e. The third kappa shape index (κ3) is 5.06. The first-order chi connectivity index (χ1) is 16.0. The second-order valence-corrected chi connectivity index (χ2v) is 8.62. The summed E-state index contributed by atoms with van der Waals surface area (Å²) in [6.07, 6.45) is 7.11. The van der Waals surface area contributed by atoms with E-state index in [9.17, 15) is 13.2 Å². The zero-order valence-electron chi connectivity index (χ0n) is 19.1. The summed E-state index contributed by atoms with van der Waals surface area (Å²) in [6, 6.07) is 15.6. The fraction of sp³-hybridized carbons (Fsp3) is 0.310. The maximum atomic E-state index is 14.9. The van der Waals surface area contributed by atoms with Crippen LogP contribution < -0.4 is 0 Å². The number of hydrogen-bond donors (Lipinski definition) is 0. The second-order valence-electron chi connectivity index (χ2n) is 8.62. The van der Waals surface area contributed by atoms with Crippen LogP contribution in [-0.2, 0) is 11.2 Å². The molecule has 0 spiro atoms. The Morgan fingerprint density at radius 2 is 1.61 bits per heavy atom. The van der Waals surface area contributed by atoms with E-state index in [1.54, 1.807) is 36.4 Å². The molecule has 1 aliphatic rings. The van der Waals surface area contributed by atoms with Crippen LogP contribution in [0.5, 0.6) is 0 Å². The van der Waals surface area contributed by atoms with E-state index in [1.165, 1.54) is 0 Å². The molecular weight excluding hydrogens is 421 g/mol.